The summed E-state index contributed by atoms with van der Waals surface area (Å²) in [6, 6.07) is 2.46. The molecule has 1 fully saturated rings. The van der Waals surface area contributed by atoms with E-state index in [2.05, 4.69) is 4.98 Å². The number of rotatable bonds is 1. The molecule has 88 valence electrons. The molecule has 0 bridgehead atoms. The van der Waals surface area contributed by atoms with Gasteiger partial charge in [-0.25, -0.2) is 0 Å². The van der Waals surface area contributed by atoms with Gasteiger partial charge < -0.3 is 5.73 Å². The lowest BCUT2D eigenvalue weighted by molar-refractivity contribution is -0.137. The molecule has 2 N–H and O–H groups in total. The van der Waals surface area contributed by atoms with E-state index in [0.29, 0.717) is 5.69 Å². The highest BCUT2D eigenvalue weighted by atomic mass is 19.4. The Bertz CT molecular complexity index is 395. The minimum absolute atomic E-state index is 0.0169. The van der Waals surface area contributed by atoms with Crippen LogP contribution in [-0.4, -0.2) is 11.0 Å². The van der Waals surface area contributed by atoms with Crippen LogP contribution in [0.25, 0.3) is 0 Å². The van der Waals surface area contributed by atoms with Gasteiger partial charge in [-0.15, -0.1) is 0 Å². The van der Waals surface area contributed by atoms with Gasteiger partial charge in [0.2, 0.25) is 0 Å². The van der Waals surface area contributed by atoms with Crippen LogP contribution in [0.2, 0.25) is 0 Å². The minimum Gasteiger partial charge on any atom is -0.327 e. The van der Waals surface area contributed by atoms with Crippen LogP contribution in [0.15, 0.2) is 18.3 Å². The van der Waals surface area contributed by atoms with E-state index >= 15 is 0 Å². The fourth-order valence-electron chi connectivity index (χ4n) is 2.00. The van der Waals surface area contributed by atoms with Gasteiger partial charge >= 0.3 is 6.18 Å². The average molecular weight is 230 g/mol. The molecule has 0 unspecified atom stereocenters. The van der Waals surface area contributed by atoms with Crippen molar-refractivity contribution >= 4 is 0 Å². The molecule has 2 rings (SSSR count). The Morgan fingerprint density at radius 1 is 1.31 bits per heavy atom. The van der Waals surface area contributed by atoms with Crippen LogP contribution in [0.3, 0.4) is 0 Å². The molecule has 1 aromatic heterocycles. The van der Waals surface area contributed by atoms with Crippen molar-refractivity contribution in [3.63, 3.8) is 0 Å². The highest BCUT2D eigenvalue weighted by molar-refractivity contribution is 5.30. The fourth-order valence-corrected chi connectivity index (χ4v) is 2.00. The molecule has 0 spiro atoms. The van der Waals surface area contributed by atoms with Gasteiger partial charge in [0, 0.05) is 23.9 Å². The van der Waals surface area contributed by atoms with Gasteiger partial charge in [0.15, 0.2) is 0 Å². The van der Waals surface area contributed by atoms with Crippen LogP contribution in [0, 0.1) is 5.41 Å². The first-order valence-corrected chi connectivity index (χ1v) is 5.03. The second kappa shape index (κ2) is 3.20. The maximum Gasteiger partial charge on any atom is 0.417 e. The third-order valence-electron chi connectivity index (χ3n) is 3.34. The first-order chi connectivity index (χ1) is 7.24. The Morgan fingerprint density at radius 2 is 1.88 bits per heavy atom. The average Bonchev–Trinajstić information content (AvgIpc) is 2.65. The number of halogens is 3. The topological polar surface area (TPSA) is 38.9 Å². The van der Waals surface area contributed by atoms with Crippen molar-refractivity contribution in [1.82, 2.24) is 4.98 Å². The zero-order valence-electron chi connectivity index (χ0n) is 9.05. The number of pyridine rings is 1. The predicted molar refractivity (Wildman–Crippen MR) is 53.7 cm³/mol. The lowest BCUT2D eigenvalue weighted by Crippen LogP contribution is -2.07. The second-order valence-electron chi connectivity index (χ2n) is 4.79. The van der Waals surface area contributed by atoms with E-state index in [0.717, 1.165) is 12.3 Å². The van der Waals surface area contributed by atoms with Crippen molar-refractivity contribution in [1.29, 1.82) is 0 Å². The molecule has 16 heavy (non-hydrogen) atoms. The van der Waals surface area contributed by atoms with E-state index in [1.807, 2.05) is 13.8 Å². The Labute approximate surface area is 91.7 Å². The van der Waals surface area contributed by atoms with E-state index < -0.39 is 11.7 Å². The third kappa shape index (κ3) is 1.69. The van der Waals surface area contributed by atoms with Crippen molar-refractivity contribution in [2.45, 2.75) is 32.0 Å². The summed E-state index contributed by atoms with van der Waals surface area (Å²) in [7, 11) is 0. The molecule has 5 heteroatoms. The number of alkyl halides is 3. The Balaban J connectivity index is 2.22. The van der Waals surface area contributed by atoms with Gasteiger partial charge in [-0.3, -0.25) is 4.98 Å². The summed E-state index contributed by atoms with van der Waals surface area (Å²) in [6.45, 7) is 3.98. The van der Waals surface area contributed by atoms with Gasteiger partial charge in [-0.1, -0.05) is 13.8 Å². The summed E-state index contributed by atoms with van der Waals surface area (Å²) in [5.41, 5.74) is 5.70. The number of nitrogens with two attached hydrogens (primary N) is 1. The Morgan fingerprint density at radius 3 is 2.19 bits per heavy atom. The normalized spacial score (nSPS) is 27.9. The van der Waals surface area contributed by atoms with Crippen molar-refractivity contribution in [3.05, 3.63) is 29.6 Å². The monoisotopic (exact) mass is 230 g/mol. The van der Waals surface area contributed by atoms with Gasteiger partial charge in [0.05, 0.1) is 5.56 Å². The second-order valence-corrected chi connectivity index (χ2v) is 4.79. The van der Waals surface area contributed by atoms with Gasteiger partial charge in [0.1, 0.15) is 0 Å². The molecule has 1 saturated carbocycles. The largest absolute Gasteiger partial charge is 0.417 e. The first-order valence-electron chi connectivity index (χ1n) is 5.03. The summed E-state index contributed by atoms with van der Waals surface area (Å²) in [5.74, 6) is 0.0646. The minimum atomic E-state index is -4.33. The van der Waals surface area contributed by atoms with Crippen molar-refractivity contribution in [2.24, 2.45) is 11.1 Å². The highest BCUT2D eigenvalue weighted by Crippen LogP contribution is 2.56. The standard InChI is InChI=1S/C11H13F3N2/c1-10(2)8(9(10)15)7-4-3-6(5-16-7)11(12,13)14/h3-5,8-9H,15H2,1-2H3/t8-,9-/m0/s1. The quantitative estimate of drug-likeness (QED) is 0.805. The molecule has 0 amide bonds. The molecule has 2 nitrogen and oxygen atoms in total. The SMILES string of the molecule is CC1(C)[C@@H](N)[C@@H]1c1ccc(C(F)(F)F)cn1. The van der Waals surface area contributed by atoms with Crippen molar-refractivity contribution in [2.75, 3.05) is 0 Å². The lowest BCUT2D eigenvalue weighted by atomic mass is 10.1. The molecule has 1 aromatic rings. The number of hydrogen-bond acceptors (Lipinski definition) is 2. The van der Waals surface area contributed by atoms with Gasteiger partial charge in [-0.05, 0) is 17.5 Å². The number of aromatic nitrogens is 1. The molecule has 0 radical (unpaired) electrons. The molecule has 2 atom stereocenters. The molecule has 1 heterocycles. The van der Waals surface area contributed by atoms with Gasteiger partial charge in [-0.2, -0.15) is 13.2 Å². The van der Waals surface area contributed by atoms with Crippen LogP contribution in [0.4, 0.5) is 13.2 Å². The summed E-state index contributed by atoms with van der Waals surface area (Å²) >= 11 is 0. The zero-order chi connectivity index (χ0) is 12.1. The Kier molecular flexibility index (Phi) is 2.28. The van der Waals surface area contributed by atoms with E-state index in [9.17, 15) is 13.2 Å². The first kappa shape index (κ1) is 11.4. The maximum absolute atomic E-state index is 12.3. The van der Waals surface area contributed by atoms with Crippen LogP contribution >= 0.6 is 0 Å². The summed E-state index contributed by atoms with van der Waals surface area (Å²) in [4.78, 5) is 3.85. The van der Waals surface area contributed by atoms with Crippen LogP contribution in [-0.2, 0) is 6.18 Å². The maximum atomic E-state index is 12.3. The van der Waals surface area contributed by atoms with Crippen LogP contribution in [0.1, 0.15) is 31.0 Å². The van der Waals surface area contributed by atoms with Crippen LogP contribution in [0.5, 0.6) is 0 Å². The third-order valence-corrected chi connectivity index (χ3v) is 3.34. The molecule has 1 aliphatic carbocycles. The molecule has 1 aliphatic rings. The van der Waals surface area contributed by atoms with Gasteiger partial charge in [0.25, 0.3) is 0 Å². The molecule has 0 saturated heterocycles. The molecule has 0 aliphatic heterocycles. The Hall–Kier alpha value is -1.10. The van der Waals surface area contributed by atoms with E-state index in [-0.39, 0.29) is 17.4 Å². The van der Waals surface area contributed by atoms with E-state index in [4.69, 9.17) is 5.73 Å². The predicted octanol–water partition coefficient (Wildman–Crippen LogP) is 2.55. The zero-order valence-corrected chi connectivity index (χ0v) is 9.05. The van der Waals surface area contributed by atoms with E-state index in [1.165, 1.54) is 6.07 Å². The number of nitrogens with zero attached hydrogens (tertiary/aromatic N) is 1. The summed E-state index contributed by atoms with van der Waals surface area (Å²) in [5, 5.41) is 0. The summed E-state index contributed by atoms with van der Waals surface area (Å²) < 4.78 is 36.9. The number of hydrogen-bond donors (Lipinski definition) is 1. The lowest BCUT2D eigenvalue weighted by Gasteiger charge is -2.07. The highest BCUT2D eigenvalue weighted by Gasteiger charge is 2.57. The van der Waals surface area contributed by atoms with Crippen molar-refractivity contribution in [3.8, 4) is 0 Å². The fraction of sp³-hybridized carbons (Fsp3) is 0.545. The summed E-state index contributed by atoms with van der Waals surface area (Å²) in [6.07, 6.45) is -3.46. The molecular formula is C11H13F3N2. The molecular weight excluding hydrogens is 217 g/mol. The van der Waals surface area contributed by atoms with E-state index in [1.54, 1.807) is 0 Å². The smallest absolute Gasteiger partial charge is 0.327 e. The van der Waals surface area contributed by atoms with Crippen LogP contribution < -0.4 is 5.73 Å². The van der Waals surface area contributed by atoms with Crippen molar-refractivity contribution < 1.29 is 13.2 Å². The molecule has 0 aromatic carbocycles.